The third-order valence-electron chi connectivity index (χ3n) is 4.40. The second-order valence-electron chi connectivity index (χ2n) is 6.47. The van der Waals surface area contributed by atoms with Crippen LogP contribution in [0.4, 0.5) is 11.4 Å². The Labute approximate surface area is 159 Å². The molecule has 27 heavy (non-hydrogen) atoms. The van der Waals surface area contributed by atoms with Crippen molar-refractivity contribution in [1.29, 1.82) is 0 Å². The first kappa shape index (κ1) is 17.2. The molecular formula is C21H17N3O2S. The van der Waals surface area contributed by atoms with Crippen LogP contribution in [0.1, 0.15) is 32.5 Å². The number of pyridine rings is 1. The zero-order valence-corrected chi connectivity index (χ0v) is 15.7. The molecule has 2 heterocycles. The van der Waals surface area contributed by atoms with Crippen molar-refractivity contribution in [1.82, 2.24) is 4.98 Å². The first-order valence-corrected chi connectivity index (χ1v) is 9.26. The number of aryl methyl sites for hydroxylation is 1. The zero-order chi connectivity index (χ0) is 19.1. The second-order valence-corrected chi connectivity index (χ2v) is 7.47. The summed E-state index contributed by atoms with van der Waals surface area (Å²) >= 11 is 1.27. The van der Waals surface area contributed by atoms with Crippen molar-refractivity contribution in [3.05, 3.63) is 64.5 Å². The van der Waals surface area contributed by atoms with Gasteiger partial charge in [-0.05, 0) is 44.2 Å². The van der Waals surface area contributed by atoms with E-state index in [-0.39, 0.29) is 11.7 Å². The number of aromatic nitrogens is 1. The van der Waals surface area contributed by atoms with Crippen LogP contribution in [0, 0.1) is 6.92 Å². The monoisotopic (exact) mass is 375 g/mol. The number of benzene rings is 2. The molecule has 0 bridgehead atoms. The molecule has 6 heteroatoms. The molecule has 3 N–H and O–H groups in total. The van der Waals surface area contributed by atoms with E-state index >= 15 is 0 Å². The first-order valence-electron chi connectivity index (χ1n) is 8.44. The number of hydrogen-bond donors (Lipinski definition) is 2. The van der Waals surface area contributed by atoms with Crippen LogP contribution < -0.4 is 11.1 Å². The van der Waals surface area contributed by atoms with Gasteiger partial charge in [-0.2, -0.15) is 0 Å². The van der Waals surface area contributed by atoms with E-state index in [0.717, 1.165) is 26.7 Å². The van der Waals surface area contributed by atoms with Gasteiger partial charge in [-0.3, -0.25) is 9.59 Å². The summed E-state index contributed by atoms with van der Waals surface area (Å²) in [5, 5.41) is 4.59. The highest BCUT2D eigenvalue weighted by atomic mass is 32.1. The average molecular weight is 375 g/mol. The molecule has 0 atom stereocenters. The molecule has 134 valence electrons. The van der Waals surface area contributed by atoms with E-state index in [1.807, 2.05) is 31.2 Å². The van der Waals surface area contributed by atoms with Crippen LogP contribution in [-0.4, -0.2) is 16.7 Å². The number of nitrogens with one attached hydrogen (secondary N) is 1. The number of fused-ring (bicyclic) bond motifs is 2. The smallest absolute Gasteiger partial charge is 0.267 e. The largest absolute Gasteiger partial charge is 0.397 e. The van der Waals surface area contributed by atoms with E-state index in [9.17, 15) is 9.59 Å². The van der Waals surface area contributed by atoms with E-state index < -0.39 is 0 Å². The number of thiophene rings is 1. The van der Waals surface area contributed by atoms with Crippen molar-refractivity contribution in [2.75, 3.05) is 11.1 Å². The van der Waals surface area contributed by atoms with Crippen molar-refractivity contribution in [3.63, 3.8) is 0 Å². The molecule has 0 fully saturated rings. The zero-order valence-electron chi connectivity index (χ0n) is 14.9. The Hall–Kier alpha value is -3.25. The van der Waals surface area contributed by atoms with Crippen LogP contribution in [0.3, 0.4) is 0 Å². The van der Waals surface area contributed by atoms with Crippen molar-refractivity contribution < 1.29 is 9.59 Å². The molecule has 0 saturated carbocycles. The van der Waals surface area contributed by atoms with Gasteiger partial charge in [-0.1, -0.05) is 23.8 Å². The molecule has 0 aliphatic heterocycles. The standard InChI is InChI=1S/C21H17N3O2S/c1-11-6-7-17-14(8-11)10-16-18(22)19(27-21(16)24-17)20(26)23-15-5-3-4-13(9-15)12(2)25/h3-10H,22H2,1-2H3,(H,23,26). The van der Waals surface area contributed by atoms with E-state index in [0.29, 0.717) is 21.8 Å². The molecule has 0 saturated heterocycles. The normalized spacial score (nSPS) is 11.0. The third kappa shape index (κ3) is 3.15. The number of nitrogen functional groups attached to an aromatic ring is 1. The van der Waals surface area contributed by atoms with Gasteiger partial charge in [0.1, 0.15) is 9.71 Å². The molecule has 0 aliphatic rings. The topological polar surface area (TPSA) is 85.1 Å². The van der Waals surface area contributed by atoms with Crippen molar-refractivity contribution >= 4 is 55.5 Å². The van der Waals surface area contributed by atoms with Crippen LogP contribution >= 0.6 is 11.3 Å². The lowest BCUT2D eigenvalue weighted by molar-refractivity contribution is 0.101. The maximum Gasteiger partial charge on any atom is 0.267 e. The molecule has 4 aromatic rings. The maximum absolute atomic E-state index is 12.7. The molecule has 0 unspecified atom stereocenters. The summed E-state index contributed by atoms with van der Waals surface area (Å²) < 4.78 is 0. The fourth-order valence-electron chi connectivity index (χ4n) is 3.00. The van der Waals surface area contributed by atoms with Gasteiger partial charge in [0.15, 0.2) is 5.78 Å². The lowest BCUT2D eigenvalue weighted by Gasteiger charge is -2.05. The van der Waals surface area contributed by atoms with Gasteiger partial charge in [0, 0.05) is 22.0 Å². The number of nitrogens with two attached hydrogens (primary N) is 1. The van der Waals surface area contributed by atoms with Gasteiger partial charge in [0.2, 0.25) is 0 Å². The summed E-state index contributed by atoms with van der Waals surface area (Å²) in [5.74, 6) is -0.366. The van der Waals surface area contributed by atoms with Crippen LogP contribution in [0.2, 0.25) is 0 Å². The highest BCUT2D eigenvalue weighted by Crippen LogP contribution is 2.35. The van der Waals surface area contributed by atoms with E-state index in [1.54, 1.807) is 24.3 Å². The van der Waals surface area contributed by atoms with Crippen molar-refractivity contribution in [3.8, 4) is 0 Å². The van der Waals surface area contributed by atoms with E-state index in [2.05, 4.69) is 10.3 Å². The quantitative estimate of drug-likeness (QED) is 0.504. The number of amides is 1. The minimum atomic E-state index is -0.309. The lowest BCUT2D eigenvalue weighted by Crippen LogP contribution is -2.12. The molecule has 4 rings (SSSR count). The Bertz CT molecular complexity index is 1230. The van der Waals surface area contributed by atoms with Crippen LogP contribution in [0.15, 0.2) is 48.5 Å². The van der Waals surface area contributed by atoms with Gasteiger partial charge in [-0.25, -0.2) is 4.98 Å². The van der Waals surface area contributed by atoms with E-state index in [4.69, 9.17) is 5.73 Å². The molecule has 1 amide bonds. The number of carbonyl (C=O) groups excluding carboxylic acids is 2. The average Bonchev–Trinajstić information content (AvgIpc) is 2.96. The Morgan fingerprint density at radius 2 is 1.93 bits per heavy atom. The molecule has 0 radical (unpaired) electrons. The SMILES string of the molecule is CC(=O)c1cccc(NC(=O)c2sc3nc4ccc(C)cc4cc3c2N)c1. The minimum Gasteiger partial charge on any atom is -0.397 e. The van der Waals surface area contributed by atoms with Crippen molar-refractivity contribution in [2.24, 2.45) is 0 Å². The lowest BCUT2D eigenvalue weighted by atomic mass is 10.1. The summed E-state index contributed by atoms with van der Waals surface area (Å²) in [5.41, 5.74) is 9.78. The number of nitrogens with zero attached hydrogens (tertiary/aromatic N) is 1. The predicted octanol–water partition coefficient (Wildman–Crippen LogP) is 4.80. The first-order chi connectivity index (χ1) is 12.9. The summed E-state index contributed by atoms with van der Waals surface area (Å²) in [7, 11) is 0. The summed E-state index contributed by atoms with van der Waals surface area (Å²) in [6.07, 6.45) is 0. The maximum atomic E-state index is 12.7. The number of carbonyl (C=O) groups is 2. The van der Waals surface area contributed by atoms with Crippen LogP contribution in [-0.2, 0) is 0 Å². The van der Waals surface area contributed by atoms with Crippen LogP contribution in [0.5, 0.6) is 0 Å². The number of hydrogen-bond acceptors (Lipinski definition) is 5. The summed E-state index contributed by atoms with van der Waals surface area (Å²) in [4.78, 5) is 30.0. The predicted molar refractivity (Wildman–Crippen MR) is 111 cm³/mol. The third-order valence-corrected chi connectivity index (χ3v) is 5.52. The van der Waals surface area contributed by atoms with Gasteiger partial charge >= 0.3 is 0 Å². The highest BCUT2D eigenvalue weighted by molar-refractivity contribution is 7.21. The highest BCUT2D eigenvalue weighted by Gasteiger charge is 2.18. The molecular weight excluding hydrogens is 358 g/mol. The van der Waals surface area contributed by atoms with Crippen molar-refractivity contribution in [2.45, 2.75) is 13.8 Å². The van der Waals surface area contributed by atoms with Gasteiger partial charge in [0.25, 0.3) is 5.91 Å². The fraction of sp³-hybridized carbons (Fsp3) is 0.0952. The summed E-state index contributed by atoms with van der Waals surface area (Å²) in [6.45, 7) is 3.51. The Morgan fingerprint density at radius 3 is 2.70 bits per heavy atom. The summed E-state index contributed by atoms with van der Waals surface area (Å²) in [6, 6.07) is 14.8. The molecule has 2 aromatic carbocycles. The fourth-order valence-corrected chi connectivity index (χ4v) is 3.98. The number of ketones is 1. The molecule has 0 spiro atoms. The molecule has 5 nitrogen and oxygen atoms in total. The van der Waals surface area contributed by atoms with Gasteiger partial charge in [0.05, 0.1) is 11.2 Å². The number of Topliss-reactive ketones (excluding diaryl/α,β-unsaturated/α-hetero) is 1. The Morgan fingerprint density at radius 1 is 1.11 bits per heavy atom. The second kappa shape index (κ2) is 6.48. The van der Waals surface area contributed by atoms with E-state index in [1.165, 1.54) is 18.3 Å². The van der Waals surface area contributed by atoms with Gasteiger partial charge < -0.3 is 11.1 Å². The number of anilines is 2. The van der Waals surface area contributed by atoms with Crippen LogP contribution in [0.25, 0.3) is 21.1 Å². The molecule has 2 aromatic heterocycles. The number of rotatable bonds is 3. The Kier molecular flexibility index (Phi) is 4.12. The Balaban J connectivity index is 1.73. The molecule has 0 aliphatic carbocycles. The van der Waals surface area contributed by atoms with Gasteiger partial charge in [-0.15, -0.1) is 11.3 Å². The minimum absolute atomic E-state index is 0.0568.